The molecule has 0 amide bonds. The van der Waals surface area contributed by atoms with Gasteiger partial charge >= 0.3 is 0 Å². The van der Waals surface area contributed by atoms with E-state index in [9.17, 15) is 0 Å². The fourth-order valence-electron chi connectivity index (χ4n) is 5.51. The molecule has 1 aliphatic carbocycles. The molecule has 2 heteroatoms. The van der Waals surface area contributed by atoms with Crippen LogP contribution in [0.25, 0.3) is 0 Å². The third-order valence-electron chi connectivity index (χ3n) is 7.01. The molecule has 0 radical (unpaired) electrons. The second-order valence-corrected chi connectivity index (χ2v) is 8.80. The molecule has 1 aliphatic heterocycles. The first-order chi connectivity index (χ1) is 14.9. The zero-order valence-electron chi connectivity index (χ0n) is 17.6. The maximum atomic E-state index is 6.14. The van der Waals surface area contributed by atoms with E-state index >= 15 is 0 Å². The van der Waals surface area contributed by atoms with Crippen molar-refractivity contribution in [3.05, 3.63) is 107 Å². The summed E-state index contributed by atoms with van der Waals surface area (Å²) in [7, 11) is 0. The molecule has 3 aromatic rings. The Bertz CT molecular complexity index is 983. The van der Waals surface area contributed by atoms with Crippen molar-refractivity contribution in [2.24, 2.45) is 0 Å². The van der Waals surface area contributed by atoms with E-state index in [1.807, 2.05) is 0 Å². The van der Waals surface area contributed by atoms with Gasteiger partial charge in [0.1, 0.15) is 0 Å². The van der Waals surface area contributed by atoms with Crippen LogP contribution in [0.4, 0.5) is 0 Å². The Morgan fingerprint density at radius 1 is 0.867 bits per heavy atom. The van der Waals surface area contributed by atoms with Crippen molar-refractivity contribution in [1.29, 1.82) is 0 Å². The Hall–Kier alpha value is -2.42. The highest BCUT2D eigenvalue weighted by Crippen LogP contribution is 2.42. The predicted molar refractivity (Wildman–Crippen MR) is 123 cm³/mol. The van der Waals surface area contributed by atoms with Crippen LogP contribution in [0.15, 0.2) is 78.9 Å². The Balaban J connectivity index is 1.33. The number of ether oxygens (including phenoxy) is 1. The van der Waals surface area contributed by atoms with Crippen LogP contribution in [0.2, 0.25) is 0 Å². The molecule has 0 saturated heterocycles. The number of hydrogen-bond donors (Lipinski definition) is 1. The van der Waals surface area contributed by atoms with Crippen LogP contribution in [-0.4, -0.2) is 13.2 Å². The first-order valence-corrected chi connectivity index (χ1v) is 11.4. The molecule has 0 fully saturated rings. The molecule has 1 heterocycles. The zero-order valence-corrected chi connectivity index (χ0v) is 17.6. The normalized spacial score (nSPS) is 22.9. The average molecular weight is 398 g/mol. The molecular weight excluding hydrogens is 366 g/mol. The summed E-state index contributed by atoms with van der Waals surface area (Å²) in [4.78, 5) is 0. The third kappa shape index (κ3) is 3.71. The molecule has 0 spiro atoms. The van der Waals surface area contributed by atoms with Gasteiger partial charge in [0, 0.05) is 11.5 Å². The largest absolute Gasteiger partial charge is 0.375 e. The lowest BCUT2D eigenvalue weighted by molar-refractivity contribution is 0.0612. The molecule has 5 rings (SSSR count). The van der Waals surface area contributed by atoms with Crippen LogP contribution >= 0.6 is 0 Å². The van der Waals surface area contributed by atoms with Gasteiger partial charge in [-0.1, -0.05) is 78.9 Å². The van der Waals surface area contributed by atoms with Gasteiger partial charge in [-0.2, -0.15) is 0 Å². The Labute approximate surface area is 180 Å². The van der Waals surface area contributed by atoms with Gasteiger partial charge in [-0.05, 0) is 66.5 Å². The molecular formula is C28H31NO. The lowest BCUT2D eigenvalue weighted by atomic mass is 9.69. The number of nitrogens with one attached hydrogen (secondary N) is 1. The Morgan fingerprint density at radius 2 is 1.63 bits per heavy atom. The SMILES string of the molecule is c1ccc(C2(CCCNC3CCCc4ccccc43)COCc3ccccc32)cc1. The highest BCUT2D eigenvalue weighted by atomic mass is 16.5. The lowest BCUT2D eigenvalue weighted by Gasteiger charge is -2.40. The van der Waals surface area contributed by atoms with E-state index in [0.717, 1.165) is 32.6 Å². The summed E-state index contributed by atoms with van der Waals surface area (Å²) in [6.45, 7) is 2.53. The maximum Gasteiger partial charge on any atom is 0.0720 e. The van der Waals surface area contributed by atoms with Crippen LogP contribution < -0.4 is 5.32 Å². The van der Waals surface area contributed by atoms with Gasteiger partial charge in [0.15, 0.2) is 0 Å². The topological polar surface area (TPSA) is 21.3 Å². The average Bonchev–Trinajstić information content (AvgIpc) is 2.82. The van der Waals surface area contributed by atoms with Crippen molar-refractivity contribution in [2.75, 3.05) is 13.2 Å². The van der Waals surface area contributed by atoms with Gasteiger partial charge < -0.3 is 10.1 Å². The first kappa shape index (κ1) is 19.5. The number of aryl methyl sites for hydroxylation is 1. The second-order valence-electron chi connectivity index (χ2n) is 8.80. The third-order valence-corrected chi connectivity index (χ3v) is 7.01. The minimum Gasteiger partial charge on any atom is -0.375 e. The van der Waals surface area contributed by atoms with E-state index in [-0.39, 0.29) is 5.41 Å². The van der Waals surface area contributed by atoms with Crippen LogP contribution in [0.1, 0.15) is 59.5 Å². The first-order valence-electron chi connectivity index (χ1n) is 11.4. The molecule has 30 heavy (non-hydrogen) atoms. The maximum absolute atomic E-state index is 6.14. The fourth-order valence-corrected chi connectivity index (χ4v) is 5.51. The predicted octanol–water partition coefficient (Wildman–Crippen LogP) is 5.95. The Morgan fingerprint density at radius 3 is 2.53 bits per heavy atom. The van der Waals surface area contributed by atoms with Crippen molar-refractivity contribution in [3.63, 3.8) is 0 Å². The van der Waals surface area contributed by atoms with Gasteiger partial charge in [-0.15, -0.1) is 0 Å². The van der Waals surface area contributed by atoms with E-state index in [2.05, 4.69) is 84.2 Å². The van der Waals surface area contributed by atoms with E-state index in [0.29, 0.717) is 6.04 Å². The van der Waals surface area contributed by atoms with Crippen molar-refractivity contribution in [1.82, 2.24) is 5.32 Å². The molecule has 0 saturated carbocycles. The molecule has 2 aliphatic rings. The summed E-state index contributed by atoms with van der Waals surface area (Å²) >= 11 is 0. The zero-order chi connectivity index (χ0) is 20.2. The summed E-state index contributed by atoms with van der Waals surface area (Å²) < 4.78 is 6.14. The standard InChI is InChI=1S/C28H31NO/c1-2-13-24(14-3-1)28(21-30-20-23-11-5-7-16-26(23)28)18-9-19-29-27-17-8-12-22-10-4-6-15-25(22)27/h1-7,10-11,13-16,27,29H,8-9,12,17-21H2. The number of benzene rings is 3. The van der Waals surface area contributed by atoms with E-state index in [1.165, 1.54) is 47.1 Å². The highest BCUT2D eigenvalue weighted by Gasteiger charge is 2.38. The number of fused-ring (bicyclic) bond motifs is 2. The quantitative estimate of drug-likeness (QED) is 0.519. The van der Waals surface area contributed by atoms with Crippen LogP contribution in [-0.2, 0) is 23.2 Å². The lowest BCUT2D eigenvalue weighted by Crippen LogP contribution is -2.38. The van der Waals surface area contributed by atoms with E-state index in [1.54, 1.807) is 0 Å². The van der Waals surface area contributed by atoms with Gasteiger partial charge in [-0.25, -0.2) is 0 Å². The smallest absolute Gasteiger partial charge is 0.0720 e. The van der Waals surface area contributed by atoms with Crippen molar-refractivity contribution in [3.8, 4) is 0 Å². The van der Waals surface area contributed by atoms with Crippen LogP contribution in [0.5, 0.6) is 0 Å². The summed E-state index contributed by atoms with van der Waals surface area (Å²) in [5, 5.41) is 3.87. The second kappa shape index (κ2) is 8.75. The summed E-state index contributed by atoms with van der Waals surface area (Å²) in [5.41, 5.74) is 7.14. The van der Waals surface area contributed by atoms with Crippen molar-refractivity contribution < 1.29 is 4.74 Å². The molecule has 154 valence electrons. The van der Waals surface area contributed by atoms with Gasteiger partial charge in [0.2, 0.25) is 0 Å². The minimum absolute atomic E-state index is 0.0533. The molecule has 0 bridgehead atoms. The summed E-state index contributed by atoms with van der Waals surface area (Å²) in [6.07, 6.45) is 5.97. The molecule has 2 nitrogen and oxygen atoms in total. The minimum atomic E-state index is -0.0533. The van der Waals surface area contributed by atoms with Crippen LogP contribution in [0, 0.1) is 0 Å². The molecule has 2 unspecified atom stereocenters. The molecule has 1 N–H and O–H groups in total. The summed E-state index contributed by atoms with van der Waals surface area (Å²) in [6, 6.07) is 29.3. The van der Waals surface area contributed by atoms with Gasteiger partial charge in [-0.3, -0.25) is 0 Å². The molecule has 3 aromatic carbocycles. The summed E-state index contributed by atoms with van der Waals surface area (Å²) in [5.74, 6) is 0. The van der Waals surface area contributed by atoms with E-state index in [4.69, 9.17) is 4.74 Å². The van der Waals surface area contributed by atoms with E-state index < -0.39 is 0 Å². The Kier molecular flexibility index (Phi) is 5.70. The van der Waals surface area contributed by atoms with Crippen LogP contribution in [0.3, 0.4) is 0 Å². The van der Waals surface area contributed by atoms with Crippen molar-refractivity contribution >= 4 is 0 Å². The number of rotatable bonds is 6. The monoisotopic (exact) mass is 397 g/mol. The van der Waals surface area contributed by atoms with Gasteiger partial charge in [0.05, 0.1) is 13.2 Å². The molecule has 2 atom stereocenters. The van der Waals surface area contributed by atoms with Gasteiger partial charge in [0.25, 0.3) is 0 Å². The fraction of sp³-hybridized carbons (Fsp3) is 0.357. The number of hydrogen-bond acceptors (Lipinski definition) is 2. The van der Waals surface area contributed by atoms with Crippen molar-refractivity contribution in [2.45, 2.75) is 50.2 Å². The highest BCUT2D eigenvalue weighted by molar-refractivity contribution is 5.45. The molecule has 0 aromatic heterocycles.